The van der Waals surface area contributed by atoms with Crippen LogP contribution in [-0.2, 0) is 0 Å². The fourth-order valence-electron chi connectivity index (χ4n) is 2.59. The molecule has 0 aliphatic rings. The van der Waals surface area contributed by atoms with E-state index in [1.807, 2.05) is 0 Å². The Morgan fingerprint density at radius 1 is 1.42 bits per heavy atom. The molecule has 0 unspecified atom stereocenters. The first kappa shape index (κ1) is 16.8. The minimum Gasteiger partial charge on any atom is -0.508 e. The molecule has 0 radical (unpaired) electrons. The van der Waals surface area contributed by atoms with Crippen molar-refractivity contribution in [2.45, 2.75) is 6.92 Å². The number of phenols is 1. The molecule has 0 saturated heterocycles. The minimum atomic E-state index is -0.724. The smallest absolute Gasteiger partial charge is 0.250 e. The van der Waals surface area contributed by atoms with Crippen LogP contribution in [0.25, 0.3) is 11.1 Å². The van der Waals surface area contributed by atoms with E-state index < -0.39 is 5.91 Å². The molecule has 7 N–H and O–H groups in total. The first-order chi connectivity index (χ1) is 11.3. The highest BCUT2D eigenvalue weighted by atomic mass is 16.3. The van der Waals surface area contributed by atoms with E-state index in [0.29, 0.717) is 22.4 Å². The quantitative estimate of drug-likeness (QED) is 0.431. The van der Waals surface area contributed by atoms with Gasteiger partial charge in [-0.3, -0.25) is 10.2 Å². The lowest BCUT2D eigenvalue weighted by molar-refractivity contribution is 0.100. The van der Waals surface area contributed by atoms with Crippen LogP contribution in [0.2, 0.25) is 0 Å². The Labute approximate surface area is 139 Å². The highest BCUT2D eigenvalue weighted by Crippen LogP contribution is 2.40. The number of aromatic hydroxyl groups is 1. The summed E-state index contributed by atoms with van der Waals surface area (Å²) in [5.74, 6) is -0.685. The van der Waals surface area contributed by atoms with Gasteiger partial charge in [0.25, 0.3) is 5.91 Å². The average molecular weight is 323 g/mol. The van der Waals surface area contributed by atoms with Gasteiger partial charge in [0.2, 0.25) is 0 Å². The molecule has 0 spiro atoms. The lowest BCUT2D eigenvalue weighted by atomic mass is 9.88. The molecule has 0 atom stereocenters. The second-order valence-corrected chi connectivity index (χ2v) is 5.19. The van der Waals surface area contributed by atoms with Crippen LogP contribution in [0.1, 0.15) is 21.5 Å². The first-order valence-corrected chi connectivity index (χ1v) is 7.05. The van der Waals surface area contributed by atoms with Gasteiger partial charge in [0.1, 0.15) is 17.5 Å². The molecule has 0 bridgehead atoms. The van der Waals surface area contributed by atoms with Crippen molar-refractivity contribution in [3.63, 3.8) is 0 Å². The molecule has 0 aliphatic heterocycles. The van der Waals surface area contributed by atoms with Crippen LogP contribution in [0.15, 0.2) is 24.3 Å². The van der Waals surface area contributed by atoms with Gasteiger partial charge in [0.15, 0.2) is 0 Å². The van der Waals surface area contributed by atoms with Crippen LogP contribution in [0.5, 0.6) is 5.75 Å². The number of rotatable bonds is 4. The molecule has 0 heterocycles. The number of nitrogen functional groups attached to an aromatic ring is 1. The van der Waals surface area contributed by atoms with Gasteiger partial charge in [0.05, 0.1) is 11.3 Å². The number of nitriles is 1. The molecular formula is C17H17N5O2. The zero-order valence-corrected chi connectivity index (χ0v) is 13.3. The maximum absolute atomic E-state index is 11.7. The molecule has 2 rings (SSSR count). The lowest BCUT2D eigenvalue weighted by Crippen LogP contribution is -2.17. The van der Waals surface area contributed by atoms with Crippen molar-refractivity contribution in [1.82, 2.24) is 0 Å². The highest BCUT2D eigenvalue weighted by molar-refractivity contribution is 6.20. The molecule has 7 heteroatoms. The number of nitrogens with two attached hydrogens (primary N) is 2. The highest BCUT2D eigenvalue weighted by Gasteiger charge is 2.23. The number of hydrogen-bond acceptors (Lipinski definition) is 6. The summed E-state index contributed by atoms with van der Waals surface area (Å²) < 4.78 is 0. The first-order valence-electron chi connectivity index (χ1n) is 7.05. The van der Waals surface area contributed by atoms with E-state index in [0.717, 1.165) is 0 Å². The van der Waals surface area contributed by atoms with Crippen molar-refractivity contribution in [3.8, 4) is 22.9 Å². The summed E-state index contributed by atoms with van der Waals surface area (Å²) in [5, 5.41) is 30.0. The monoisotopic (exact) mass is 323 g/mol. The molecule has 2 aromatic carbocycles. The zero-order chi connectivity index (χ0) is 18.0. The summed E-state index contributed by atoms with van der Waals surface area (Å²) in [6.07, 6.45) is 0. The van der Waals surface area contributed by atoms with Crippen molar-refractivity contribution in [3.05, 3.63) is 41.0 Å². The Morgan fingerprint density at radius 3 is 2.62 bits per heavy atom. The molecule has 2 aromatic rings. The Balaban J connectivity index is 3.03. The molecule has 0 aliphatic carbocycles. The second-order valence-electron chi connectivity index (χ2n) is 5.19. The fourth-order valence-corrected chi connectivity index (χ4v) is 2.59. The largest absolute Gasteiger partial charge is 0.508 e. The molecular weight excluding hydrogens is 306 g/mol. The molecule has 122 valence electrons. The van der Waals surface area contributed by atoms with E-state index >= 15 is 0 Å². The summed E-state index contributed by atoms with van der Waals surface area (Å²) in [7, 11) is 1.60. The summed E-state index contributed by atoms with van der Waals surface area (Å²) in [5.41, 5.74) is 13.3. The molecule has 1 amide bonds. The van der Waals surface area contributed by atoms with Gasteiger partial charge >= 0.3 is 0 Å². The Hall–Kier alpha value is -3.53. The van der Waals surface area contributed by atoms with Crippen LogP contribution in [0.4, 0.5) is 11.4 Å². The van der Waals surface area contributed by atoms with E-state index in [2.05, 4.69) is 5.32 Å². The number of nitrogens with one attached hydrogen (secondary N) is 2. The molecule has 24 heavy (non-hydrogen) atoms. The predicted octanol–water partition coefficient (Wildman–Crippen LogP) is 1.98. The van der Waals surface area contributed by atoms with Gasteiger partial charge in [-0.1, -0.05) is 12.1 Å². The number of anilines is 2. The Bertz CT molecular complexity index is 897. The summed E-state index contributed by atoms with van der Waals surface area (Å²) in [6.45, 7) is 1.68. The Kier molecular flexibility index (Phi) is 4.42. The van der Waals surface area contributed by atoms with Gasteiger partial charge in [-0.25, -0.2) is 0 Å². The SMILES string of the molecule is CNc1cc(C(N)=O)c(N)c(-c2cccc(O)c2C)c1C(=N)C#N. The number of amides is 1. The van der Waals surface area contributed by atoms with Gasteiger partial charge in [0, 0.05) is 23.9 Å². The van der Waals surface area contributed by atoms with Crippen molar-refractivity contribution >= 4 is 23.0 Å². The summed E-state index contributed by atoms with van der Waals surface area (Å²) >= 11 is 0. The number of carbonyl (C=O) groups is 1. The fraction of sp³-hybridized carbons (Fsp3) is 0.118. The average Bonchev–Trinajstić information content (AvgIpc) is 2.56. The topological polar surface area (TPSA) is 149 Å². The predicted molar refractivity (Wildman–Crippen MR) is 93.2 cm³/mol. The van der Waals surface area contributed by atoms with Crippen molar-refractivity contribution in [2.75, 3.05) is 18.1 Å². The molecule has 7 nitrogen and oxygen atoms in total. The normalized spacial score (nSPS) is 10.0. The van der Waals surface area contributed by atoms with E-state index in [9.17, 15) is 15.2 Å². The van der Waals surface area contributed by atoms with E-state index in [4.69, 9.17) is 16.9 Å². The maximum atomic E-state index is 11.7. The van der Waals surface area contributed by atoms with Gasteiger partial charge in [-0.2, -0.15) is 5.26 Å². The third-order valence-electron chi connectivity index (χ3n) is 3.84. The number of benzene rings is 2. The van der Waals surface area contributed by atoms with Crippen molar-refractivity contribution in [2.24, 2.45) is 5.73 Å². The van der Waals surface area contributed by atoms with E-state index in [1.54, 1.807) is 32.2 Å². The van der Waals surface area contributed by atoms with Gasteiger partial charge in [-0.15, -0.1) is 0 Å². The van der Waals surface area contributed by atoms with Crippen molar-refractivity contribution < 1.29 is 9.90 Å². The van der Waals surface area contributed by atoms with Gasteiger partial charge < -0.3 is 21.9 Å². The van der Waals surface area contributed by atoms with E-state index in [-0.39, 0.29) is 28.3 Å². The minimum absolute atomic E-state index is 0.0387. The number of phenolic OH excluding ortho intramolecular Hbond substituents is 1. The zero-order valence-electron chi connectivity index (χ0n) is 13.3. The molecule has 0 fully saturated rings. The van der Waals surface area contributed by atoms with Gasteiger partial charge in [-0.05, 0) is 30.2 Å². The standard InChI is InChI=1S/C17H17N5O2/c1-8-9(4-3-5-13(8)23)14-15(11(19)7-18)12(22-2)6-10(16(14)20)17(21)24/h3-6,19,22-23H,20H2,1-2H3,(H2,21,24). The molecule has 0 saturated carbocycles. The van der Waals surface area contributed by atoms with Crippen LogP contribution in [-0.4, -0.2) is 23.8 Å². The lowest BCUT2D eigenvalue weighted by Gasteiger charge is -2.19. The number of carbonyl (C=O) groups excluding carboxylic acids is 1. The number of hydrogen-bond donors (Lipinski definition) is 5. The Morgan fingerprint density at radius 2 is 2.08 bits per heavy atom. The third-order valence-corrected chi connectivity index (χ3v) is 3.84. The maximum Gasteiger partial charge on any atom is 0.250 e. The number of primary amides is 1. The van der Waals surface area contributed by atoms with Crippen LogP contribution >= 0.6 is 0 Å². The summed E-state index contributed by atoms with van der Waals surface area (Å²) in [4.78, 5) is 11.7. The van der Waals surface area contributed by atoms with E-state index in [1.165, 1.54) is 12.1 Å². The van der Waals surface area contributed by atoms with Crippen LogP contribution in [0.3, 0.4) is 0 Å². The third kappa shape index (κ3) is 2.61. The van der Waals surface area contributed by atoms with Crippen molar-refractivity contribution in [1.29, 1.82) is 10.7 Å². The number of nitrogens with zero attached hydrogens (tertiary/aromatic N) is 1. The van der Waals surface area contributed by atoms with Crippen LogP contribution < -0.4 is 16.8 Å². The van der Waals surface area contributed by atoms with Crippen LogP contribution in [0, 0.1) is 23.7 Å². The summed E-state index contributed by atoms with van der Waals surface area (Å²) in [6, 6.07) is 8.03. The molecule has 0 aromatic heterocycles. The second kappa shape index (κ2) is 6.30.